The minimum absolute atomic E-state index is 0.187. The second kappa shape index (κ2) is 13.6. The minimum Gasteiger partial charge on any atom is -0.483 e. The predicted octanol–water partition coefficient (Wildman–Crippen LogP) is 6.43. The number of nitrogens with one attached hydrogen (secondary N) is 1. The van der Waals surface area contributed by atoms with Crippen LogP contribution in [0.5, 0.6) is 5.75 Å². The van der Waals surface area contributed by atoms with E-state index in [1.807, 2.05) is 91.0 Å². The van der Waals surface area contributed by atoms with Crippen molar-refractivity contribution in [2.24, 2.45) is 0 Å². The van der Waals surface area contributed by atoms with E-state index in [1.54, 1.807) is 11.0 Å². The Kier molecular flexibility index (Phi) is 9.77. The predicted molar refractivity (Wildman–Crippen MR) is 153 cm³/mol. The van der Waals surface area contributed by atoms with Crippen LogP contribution in [0.1, 0.15) is 30.9 Å². The first-order chi connectivity index (χ1) is 18.6. The maximum absolute atomic E-state index is 13.8. The Morgan fingerprint density at radius 2 is 1.61 bits per heavy atom. The number of amides is 2. The standard InChI is InChI=1S/C32H33ClN2O3/c1-2-3-20-34-32(37)29(21-24-12-5-4-6-13-24)35(22-26-15-8-10-18-28(26)33)31(36)23-38-30-19-11-16-25-14-7-9-17-27(25)30/h4-19,29H,2-3,20-23H2,1H3,(H,34,37). The third-order valence-electron chi connectivity index (χ3n) is 6.50. The van der Waals surface area contributed by atoms with Crippen molar-refractivity contribution < 1.29 is 14.3 Å². The summed E-state index contributed by atoms with van der Waals surface area (Å²) in [6, 6.07) is 30.1. The Morgan fingerprint density at radius 1 is 0.895 bits per heavy atom. The van der Waals surface area contributed by atoms with Crippen LogP contribution in [0.4, 0.5) is 0 Å². The molecule has 38 heavy (non-hydrogen) atoms. The highest BCUT2D eigenvalue weighted by Gasteiger charge is 2.31. The molecule has 0 saturated heterocycles. The van der Waals surface area contributed by atoms with Gasteiger partial charge in [0, 0.05) is 29.9 Å². The van der Waals surface area contributed by atoms with Gasteiger partial charge in [-0.1, -0.05) is 110 Å². The fraction of sp³-hybridized carbons (Fsp3) is 0.250. The molecule has 0 radical (unpaired) electrons. The Morgan fingerprint density at radius 3 is 2.39 bits per heavy atom. The number of halogens is 1. The van der Waals surface area contributed by atoms with Crippen molar-refractivity contribution in [1.82, 2.24) is 10.2 Å². The van der Waals surface area contributed by atoms with Gasteiger partial charge in [-0.2, -0.15) is 0 Å². The second-order valence-corrected chi connectivity index (χ2v) is 9.64. The molecule has 0 aliphatic carbocycles. The number of nitrogens with zero attached hydrogens (tertiary/aromatic N) is 1. The quantitative estimate of drug-likeness (QED) is 0.216. The molecule has 4 rings (SSSR count). The number of rotatable bonds is 12. The smallest absolute Gasteiger partial charge is 0.261 e. The van der Waals surface area contributed by atoms with Crippen molar-refractivity contribution in [1.29, 1.82) is 0 Å². The van der Waals surface area contributed by atoms with Crippen LogP contribution in [0.15, 0.2) is 97.1 Å². The molecule has 0 fully saturated rings. The fourth-order valence-electron chi connectivity index (χ4n) is 4.41. The molecule has 0 aliphatic heterocycles. The number of benzene rings is 4. The number of hydrogen-bond acceptors (Lipinski definition) is 3. The Labute approximate surface area is 229 Å². The summed E-state index contributed by atoms with van der Waals surface area (Å²) in [5.74, 6) is 0.151. The topological polar surface area (TPSA) is 58.6 Å². The third kappa shape index (κ3) is 7.14. The number of fused-ring (bicyclic) bond motifs is 1. The summed E-state index contributed by atoms with van der Waals surface area (Å²) in [5, 5.41) is 5.54. The number of carbonyl (C=O) groups excluding carboxylic acids is 2. The minimum atomic E-state index is -0.728. The van der Waals surface area contributed by atoms with Crippen LogP contribution in [-0.2, 0) is 22.6 Å². The lowest BCUT2D eigenvalue weighted by molar-refractivity contribution is -0.142. The molecule has 0 bridgehead atoms. The maximum atomic E-state index is 13.8. The zero-order valence-corrected chi connectivity index (χ0v) is 22.4. The van der Waals surface area contributed by atoms with Gasteiger partial charge in [0.15, 0.2) is 6.61 Å². The molecule has 196 valence electrons. The van der Waals surface area contributed by atoms with Crippen LogP contribution in [0.25, 0.3) is 10.8 Å². The van der Waals surface area contributed by atoms with E-state index in [-0.39, 0.29) is 25.0 Å². The van der Waals surface area contributed by atoms with E-state index in [4.69, 9.17) is 16.3 Å². The highest BCUT2D eigenvalue weighted by Crippen LogP contribution is 2.26. The zero-order valence-electron chi connectivity index (χ0n) is 21.6. The van der Waals surface area contributed by atoms with Gasteiger partial charge in [-0.3, -0.25) is 9.59 Å². The van der Waals surface area contributed by atoms with Gasteiger partial charge >= 0.3 is 0 Å². The molecule has 0 saturated carbocycles. The molecule has 0 aromatic heterocycles. The summed E-state index contributed by atoms with van der Waals surface area (Å²) in [5.41, 5.74) is 1.74. The van der Waals surface area contributed by atoms with Gasteiger partial charge in [0.25, 0.3) is 5.91 Å². The second-order valence-electron chi connectivity index (χ2n) is 9.23. The summed E-state index contributed by atoms with van der Waals surface area (Å²) >= 11 is 6.49. The van der Waals surface area contributed by atoms with E-state index in [0.717, 1.165) is 34.7 Å². The molecule has 1 atom stereocenters. The van der Waals surface area contributed by atoms with E-state index in [9.17, 15) is 9.59 Å². The number of unbranched alkanes of at least 4 members (excludes halogenated alkanes) is 1. The fourth-order valence-corrected chi connectivity index (χ4v) is 4.61. The van der Waals surface area contributed by atoms with Crippen LogP contribution in [0, 0.1) is 0 Å². The lowest BCUT2D eigenvalue weighted by Gasteiger charge is -2.31. The van der Waals surface area contributed by atoms with Crippen molar-refractivity contribution >= 4 is 34.2 Å². The molecular formula is C32H33ClN2O3. The summed E-state index contributed by atoms with van der Waals surface area (Å²) < 4.78 is 6.05. The number of ether oxygens (including phenoxy) is 1. The molecule has 1 unspecified atom stereocenters. The molecule has 0 heterocycles. The Bertz CT molecular complexity index is 1350. The van der Waals surface area contributed by atoms with Crippen molar-refractivity contribution in [3.8, 4) is 5.75 Å². The van der Waals surface area contributed by atoms with E-state index < -0.39 is 6.04 Å². The maximum Gasteiger partial charge on any atom is 0.261 e. The molecule has 4 aromatic rings. The molecule has 0 aliphatic rings. The Hall–Kier alpha value is -3.83. The van der Waals surface area contributed by atoms with Gasteiger partial charge in [0.05, 0.1) is 0 Å². The normalized spacial score (nSPS) is 11.6. The SMILES string of the molecule is CCCCNC(=O)C(Cc1ccccc1)N(Cc1ccccc1Cl)C(=O)COc1cccc2ccccc12. The molecule has 2 amide bonds. The van der Waals surface area contributed by atoms with Crippen molar-refractivity contribution in [2.75, 3.05) is 13.2 Å². The van der Waals surface area contributed by atoms with Crippen LogP contribution in [0.3, 0.4) is 0 Å². The summed E-state index contributed by atoms with van der Waals surface area (Å²) in [7, 11) is 0. The molecular weight excluding hydrogens is 496 g/mol. The highest BCUT2D eigenvalue weighted by atomic mass is 35.5. The average molecular weight is 529 g/mol. The lowest BCUT2D eigenvalue weighted by atomic mass is 10.0. The zero-order chi connectivity index (χ0) is 26.7. The molecule has 5 nitrogen and oxygen atoms in total. The summed E-state index contributed by atoms with van der Waals surface area (Å²) in [4.78, 5) is 28.9. The molecule has 1 N–H and O–H groups in total. The average Bonchev–Trinajstić information content (AvgIpc) is 2.95. The van der Waals surface area contributed by atoms with Crippen molar-refractivity contribution in [2.45, 2.75) is 38.8 Å². The van der Waals surface area contributed by atoms with Crippen LogP contribution < -0.4 is 10.1 Å². The van der Waals surface area contributed by atoms with E-state index in [2.05, 4.69) is 12.2 Å². The first-order valence-corrected chi connectivity index (χ1v) is 13.4. The van der Waals surface area contributed by atoms with Crippen molar-refractivity contribution in [3.05, 3.63) is 113 Å². The largest absolute Gasteiger partial charge is 0.483 e. The molecule has 0 spiro atoms. The third-order valence-corrected chi connectivity index (χ3v) is 6.87. The van der Waals surface area contributed by atoms with Gasteiger partial charge in [-0.05, 0) is 35.1 Å². The van der Waals surface area contributed by atoms with Gasteiger partial charge < -0.3 is 15.0 Å². The highest BCUT2D eigenvalue weighted by molar-refractivity contribution is 6.31. The first kappa shape index (κ1) is 27.2. The van der Waals surface area contributed by atoms with E-state index >= 15 is 0 Å². The number of carbonyl (C=O) groups is 2. The van der Waals surface area contributed by atoms with Gasteiger partial charge in [-0.15, -0.1) is 0 Å². The van der Waals surface area contributed by atoms with Gasteiger partial charge in [0.2, 0.25) is 5.91 Å². The van der Waals surface area contributed by atoms with E-state index in [0.29, 0.717) is 23.7 Å². The lowest BCUT2D eigenvalue weighted by Crippen LogP contribution is -2.51. The molecule has 6 heteroatoms. The van der Waals surface area contributed by atoms with Crippen LogP contribution in [0.2, 0.25) is 5.02 Å². The van der Waals surface area contributed by atoms with Gasteiger partial charge in [0.1, 0.15) is 11.8 Å². The van der Waals surface area contributed by atoms with Crippen LogP contribution in [-0.4, -0.2) is 35.9 Å². The summed E-state index contributed by atoms with van der Waals surface area (Å²) in [6.07, 6.45) is 2.21. The monoisotopic (exact) mass is 528 g/mol. The van der Waals surface area contributed by atoms with Crippen molar-refractivity contribution in [3.63, 3.8) is 0 Å². The van der Waals surface area contributed by atoms with Crippen LogP contribution >= 0.6 is 11.6 Å². The molecule has 4 aromatic carbocycles. The summed E-state index contributed by atoms with van der Waals surface area (Å²) in [6.45, 7) is 2.62. The van der Waals surface area contributed by atoms with E-state index in [1.165, 1.54) is 0 Å². The van der Waals surface area contributed by atoms with Gasteiger partial charge in [-0.25, -0.2) is 0 Å². The Balaban J connectivity index is 1.63. The first-order valence-electron chi connectivity index (χ1n) is 13.0. The number of hydrogen-bond donors (Lipinski definition) is 1.